The summed E-state index contributed by atoms with van der Waals surface area (Å²) in [7, 11) is 1.95. The Labute approximate surface area is 126 Å². The van der Waals surface area contributed by atoms with Gasteiger partial charge in [-0.2, -0.15) is 0 Å². The van der Waals surface area contributed by atoms with Gasteiger partial charge in [0.15, 0.2) is 0 Å². The Bertz CT molecular complexity index is 478. The van der Waals surface area contributed by atoms with Gasteiger partial charge in [0.25, 0.3) is 0 Å². The Morgan fingerprint density at radius 2 is 2.33 bits per heavy atom. The molecule has 3 nitrogen and oxygen atoms in total. The van der Waals surface area contributed by atoms with E-state index in [1.807, 2.05) is 24.9 Å². The summed E-state index contributed by atoms with van der Waals surface area (Å²) in [5.41, 5.74) is 0.960. The van der Waals surface area contributed by atoms with Gasteiger partial charge in [-0.05, 0) is 50.4 Å². The molecule has 21 heavy (non-hydrogen) atoms. The predicted octanol–water partition coefficient (Wildman–Crippen LogP) is 2.60. The number of rotatable bonds is 5. The summed E-state index contributed by atoms with van der Waals surface area (Å²) in [6, 6.07) is 7.05. The highest BCUT2D eigenvalue weighted by Crippen LogP contribution is 2.17. The van der Waals surface area contributed by atoms with Crippen molar-refractivity contribution in [1.82, 2.24) is 10.2 Å². The van der Waals surface area contributed by atoms with Crippen LogP contribution in [-0.4, -0.2) is 37.0 Å². The van der Waals surface area contributed by atoms with Crippen LogP contribution in [0.5, 0.6) is 0 Å². The molecule has 0 aromatic heterocycles. The van der Waals surface area contributed by atoms with E-state index in [2.05, 4.69) is 5.32 Å². The van der Waals surface area contributed by atoms with E-state index in [0.717, 1.165) is 44.3 Å². The molecular weight excluding hydrogens is 267 g/mol. The zero-order valence-corrected chi connectivity index (χ0v) is 12.9. The first-order valence-corrected chi connectivity index (χ1v) is 7.80. The minimum absolute atomic E-state index is 0.0103. The van der Waals surface area contributed by atoms with Gasteiger partial charge in [-0.3, -0.25) is 4.79 Å². The lowest BCUT2D eigenvalue weighted by Crippen LogP contribution is -2.48. The summed E-state index contributed by atoms with van der Waals surface area (Å²) in [6.45, 7) is 3.64. The van der Waals surface area contributed by atoms with E-state index >= 15 is 0 Å². The van der Waals surface area contributed by atoms with Crippen molar-refractivity contribution >= 4 is 5.91 Å². The second-order valence-electron chi connectivity index (χ2n) is 5.98. The smallest absolute Gasteiger partial charge is 0.225 e. The normalized spacial score (nSPS) is 20.3. The molecule has 0 bridgehead atoms. The number of hydrogen-bond acceptors (Lipinski definition) is 2. The fourth-order valence-electron chi connectivity index (χ4n) is 2.92. The van der Waals surface area contributed by atoms with Gasteiger partial charge < -0.3 is 10.2 Å². The van der Waals surface area contributed by atoms with E-state index in [0.29, 0.717) is 6.04 Å². The van der Waals surface area contributed by atoms with Crippen molar-refractivity contribution in [2.24, 2.45) is 5.92 Å². The highest BCUT2D eigenvalue weighted by atomic mass is 19.1. The first kappa shape index (κ1) is 16.0. The number of halogens is 1. The molecule has 0 radical (unpaired) electrons. The average molecular weight is 292 g/mol. The first-order valence-electron chi connectivity index (χ1n) is 7.80. The molecule has 0 saturated carbocycles. The number of nitrogens with zero attached hydrogens (tertiary/aromatic N) is 1. The van der Waals surface area contributed by atoms with E-state index in [-0.39, 0.29) is 17.6 Å². The molecule has 1 aliphatic heterocycles. The largest absolute Gasteiger partial charge is 0.341 e. The number of nitrogens with one attached hydrogen (secondary N) is 1. The maximum absolute atomic E-state index is 13.1. The number of hydrogen-bond donors (Lipinski definition) is 1. The zero-order chi connectivity index (χ0) is 15.2. The van der Waals surface area contributed by atoms with Crippen molar-refractivity contribution < 1.29 is 9.18 Å². The topological polar surface area (TPSA) is 32.3 Å². The Morgan fingerprint density at radius 1 is 1.52 bits per heavy atom. The van der Waals surface area contributed by atoms with E-state index in [9.17, 15) is 9.18 Å². The number of benzene rings is 1. The van der Waals surface area contributed by atoms with Crippen LogP contribution >= 0.6 is 0 Å². The summed E-state index contributed by atoms with van der Waals surface area (Å²) < 4.78 is 13.1. The van der Waals surface area contributed by atoms with Crippen LogP contribution in [-0.2, 0) is 11.2 Å². The van der Waals surface area contributed by atoms with Crippen molar-refractivity contribution in [2.75, 3.05) is 20.1 Å². The Balaban J connectivity index is 1.84. The van der Waals surface area contributed by atoms with Gasteiger partial charge in [0.2, 0.25) is 5.91 Å². The van der Waals surface area contributed by atoms with Crippen LogP contribution in [0.15, 0.2) is 24.3 Å². The Kier molecular flexibility index (Phi) is 5.74. The van der Waals surface area contributed by atoms with Gasteiger partial charge >= 0.3 is 0 Å². The molecule has 1 aromatic carbocycles. The second kappa shape index (κ2) is 7.55. The van der Waals surface area contributed by atoms with E-state index in [1.54, 1.807) is 12.1 Å². The third-order valence-corrected chi connectivity index (χ3v) is 4.32. The molecular formula is C17H25FN2O. The third-order valence-electron chi connectivity index (χ3n) is 4.32. The number of likely N-dealkylation sites (N-methyl/N-ethyl adjacent to an activating group) is 1. The molecule has 0 spiro atoms. The molecule has 2 atom stereocenters. The molecule has 1 aliphatic rings. The monoisotopic (exact) mass is 292 g/mol. The molecule has 0 aliphatic carbocycles. The summed E-state index contributed by atoms with van der Waals surface area (Å²) in [5, 5.41) is 3.26. The SMILES string of the molecule is CNC1CCCN(C(=O)C(C)CCc2cccc(F)c2)C1. The fraction of sp³-hybridized carbons (Fsp3) is 0.588. The van der Waals surface area contributed by atoms with E-state index in [1.165, 1.54) is 6.07 Å². The van der Waals surface area contributed by atoms with Crippen LogP contribution in [0, 0.1) is 11.7 Å². The molecule has 116 valence electrons. The number of carbonyl (C=O) groups is 1. The van der Waals surface area contributed by atoms with Crippen LogP contribution in [0.25, 0.3) is 0 Å². The first-order chi connectivity index (χ1) is 10.1. The van der Waals surface area contributed by atoms with Gasteiger partial charge in [0, 0.05) is 25.0 Å². The summed E-state index contributed by atoms with van der Waals surface area (Å²) >= 11 is 0. The molecule has 1 amide bonds. The van der Waals surface area contributed by atoms with Crippen LogP contribution in [0.3, 0.4) is 0 Å². The number of amides is 1. The molecule has 1 aromatic rings. The Morgan fingerprint density at radius 3 is 3.05 bits per heavy atom. The number of piperidine rings is 1. The van der Waals surface area contributed by atoms with Gasteiger partial charge in [-0.25, -0.2) is 4.39 Å². The molecule has 2 rings (SSSR count). The summed E-state index contributed by atoms with van der Waals surface area (Å²) in [4.78, 5) is 14.4. The highest BCUT2D eigenvalue weighted by Gasteiger charge is 2.25. The van der Waals surface area contributed by atoms with Crippen LogP contribution < -0.4 is 5.32 Å². The van der Waals surface area contributed by atoms with E-state index < -0.39 is 0 Å². The minimum Gasteiger partial charge on any atom is -0.341 e. The number of likely N-dealkylation sites (tertiary alicyclic amines) is 1. The fourth-order valence-corrected chi connectivity index (χ4v) is 2.92. The number of aryl methyl sites for hydroxylation is 1. The Hall–Kier alpha value is -1.42. The minimum atomic E-state index is -0.209. The summed E-state index contributed by atoms with van der Waals surface area (Å²) in [6.07, 6.45) is 3.71. The van der Waals surface area contributed by atoms with Gasteiger partial charge in [-0.1, -0.05) is 19.1 Å². The average Bonchev–Trinajstić information content (AvgIpc) is 2.52. The van der Waals surface area contributed by atoms with Crippen molar-refractivity contribution in [3.05, 3.63) is 35.6 Å². The third kappa shape index (κ3) is 4.53. The second-order valence-corrected chi connectivity index (χ2v) is 5.98. The molecule has 1 fully saturated rings. The van der Waals surface area contributed by atoms with Crippen molar-refractivity contribution in [3.63, 3.8) is 0 Å². The quantitative estimate of drug-likeness (QED) is 0.905. The van der Waals surface area contributed by atoms with Gasteiger partial charge in [-0.15, -0.1) is 0 Å². The number of carbonyl (C=O) groups excluding carboxylic acids is 1. The summed E-state index contributed by atoms with van der Waals surface area (Å²) in [5.74, 6) is 0.00889. The van der Waals surface area contributed by atoms with Crippen LogP contribution in [0.1, 0.15) is 31.7 Å². The van der Waals surface area contributed by atoms with Crippen molar-refractivity contribution in [2.45, 2.75) is 38.6 Å². The lowest BCUT2D eigenvalue weighted by Gasteiger charge is -2.34. The highest BCUT2D eigenvalue weighted by molar-refractivity contribution is 5.78. The van der Waals surface area contributed by atoms with Crippen molar-refractivity contribution in [3.8, 4) is 0 Å². The molecule has 1 saturated heterocycles. The lowest BCUT2D eigenvalue weighted by molar-refractivity contribution is -0.136. The molecule has 2 unspecified atom stereocenters. The molecule has 4 heteroatoms. The lowest BCUT2D eigenvalue weighted by atomic mass is 9.98. The molecule has 1 N–H and O–H groups in total. The van der Waals surface area contributed by atoms with Crippen LogP contribution in [0.4, 0.5) is 4.39 Å². The standard InChI is InChI=1S/C17H25FN2O/c1-13(8-9-14-5-3-6-15(18)11-14)17(21)20-10-4-7-16(12-20)19-2/h3,5-6,11,13,16,19H,4,7-10,12H2,1-2H3. The van der Waals surface area contributed by atoms with Crippen LogP contribution in [0.2, 0.25) is 0 Å². The van der Waals surface area contributed by atoms with Crippen molar-refractivity contribution in [1.29, 1.82) is 0 Å². The predicted molar refractivity (Wildman–Crippen MR) is 82.5 cm³/mol. The molecule has 1 heterocycles. The maximum atomic E-state index is 13.1. The van der Waals surface area contributed by atoms with Gasteiger partial charge in [0.05, 0.1) is 0 Å². The maximum Gasteiger partial charge on any atom is 0.225 e. The van der Waals surface area contributed by atoms with Gasteiger partial charge in [0.1, 0.15) is 5.82 Å². The van der Waals surface area contributed by atoms with E-state index in [4.69, 9.17) is 0 Å². The zero-order valence-electron chi connectivity index (χ0n) is 12.9.